The molecule has 1 saturated carbocycles. The molecular weight excluding hydrogens is 351 g/mol. The van der Waals surface area contributed by atoms with Crippen molar-refractivity contribution in [2.75, 3.05) is 13.2 Å². The summed E-state index contributed by atoms with van der Waals surface area (Å²) in [4.78, 5) is 26.3. The van der Waals surface area contributed by atoms with Crippen molar-refractivity contribution >= 4 is 35.1 Å². The average Bonchev–Trinajstić information content (AvgIpc) is 2.78. The number of hydrogen-bond donors (Lipinski definition) is 1. The zero-order chi connectivity index (χ0) is 17.3. The highest BCUT2D eigenvalue weighted by atomic mass is 35.5. The summed E-state index contributed by atoms with van der Waals surface area (Å²) in [6.07, 6.45) is 3.71. The van der Waals surface area contributed by atoms with Crippen LogP contribution < -0.4 is 10.1 Å². The number of nitrogens with one attached hydrogen (secondary N) is 1. The second-order valence-corrected chi connectivity index (χ2v) is 7.27. The lowest BCUT2D eigenvalue weighted by Gasteiger charge is -2.36. The second-order valence-electron chi connectivity index (χ2n) is 6.43. The van der Waals surface area contributed by atoms with Crippen molar-refractivity contribution in [3.05, 3.63) is 28.2 Å². The first-order valence-corrected chi connectivity index (χ1v) is 8.91. The molecule has 130 valence electrons. The molecule has 1 aliphatic heterocycles. The summed E-state index contributed by atoms with van der Waals surface area (Å²) in [5.41, 5.74) is -0.733. The summed E-state index contributed by atoms with van der Waals surface area (Å²) in [6.45, 7) is 2.38. The van der Waals surface area contributed by atoms with E-state index in [0.717, 1.165) is 19.3 Å². The van der Waals surface area contributed by atoms with Gasteiger partial charge in [-0.15, -0.1) is 0 Å². The van der Waals surface area contributed by atoms with Crippen LogP contribution in [0.25, 0.3) is 0 Å². The van der Waals surface area contributed by atoms with E-state index in [-0.39, 0.29) is 31.0 Å². The highest BCUT2D eigenvalue weighted by Crippen LogP contribution is 2.38. The van der Waals surface area contributed by atoms with Crippen LogP contribution in [-0.2, 0) is 4.79 Å². The highest BCUT2D eigenvalue weighted by molar-refractivity contribution is 6.34. The van der Waals surface area contributed by atoms with Crippen molar-refractivity contribution in [2.45, 2.75) is 38.1 Å². The summed E-state index contributed by atoms with van der Waals surface area (Å²) < 4.78 is 5.59. The monoisotopic (exact) mass is 370 g/mol. The molecule has 2 atom stereocenters. The maximum atomic E-state index is 12.8. The molecule has 1 spiro atoms. The van der Waals surface area contributed by atoms with Crippen molar-refractivity contribution in [3.8, 4) is 5.75 Å². The summed E-state index contributed by atoms with van der Waals surface area (Å²) in [7, 11) is 0. The van der Waals surface area contributed by atoms with Crippen LogP contribution in [0.2, 0.25) is 10.0 Å². The molecule has 3 rings (SSSR count). The minimum absolute atomic E-state index is 0.138. The molecule has 1 heterocycles. The molecule has 0 unspecified atom stereocenters. The lowest BCUT2D eigenvalue weighted by atomic mass is 9.73. The van der Waals surface area contributed by atoms with Gasteiger partial charge in [0, 0.05) is 11.1 Å². The van der Waals surface area contributed by atoms with Gasteiger partial charge in [0.05, 0.1) is 11.6 Å². The maximum Gasteiger partial charge on any atom is 0.325 e. The molecule has 0 bridgehead atoms. The molecule has 7 heteroatoms. The summed E-state index contributed by atoms with van der Waals surface area (Å²) in [5, 5.41) is 3.87. The van der Waals surface area contributed by atoms with Gasteiger partial charge in [0.2, 0.25) is 0 Å². The van der Waals surface area contributed by atoms with Crippen LogP contribution in [0.15, 0.2) is 18.2 Å². The number of amides is 3. The van der Waals surface area contributed by atoms with Crippen LogP contribution in [0.5, 0.6) is 5.75 Å². The van der Waals surface area contributed by atoms with Gasteiger partial charge in [-0.3, -0.25) is 9.69 Å². The molecule has 24 heavy (non-hydrogen) atoms. The first-order chi connectivity index (χ1) is 11.4. The van der Waals surface area contributed by atoms with E-state index >= 15 is 0 Å². The van der Waals surface area contributed by atoms with Crippen LogP contribution in [0, 0.1) is 5.92 Å². The number of carbonyl (C=O) groups is 2. The predicted molar refractivity (Wildman–Crippen MR) is 92.6 cm³/mol. The van der Waals surface area contributed by atoms with Gasteiger partial charge in [0.1, 0.15) is 17.9 Å². The topological polar surface area (TPSA) is 58.6 Å². The molecule has 3 amide bonds. The normalized spacial score (nSPS) is 26.8. The average molecular weight is 371 g/mol. The molecule has 1 N–H and O–H groups in total. The van der Waals surface area contributed by atoms with E-state index in [4.69, 9.17) is 27.9 Å². The standard InChI is InChI=1S/C17H20Cl2N2O3/c1-11-4-2-3-7-17(11)15(22)21(16(23)20-17)8-9-24-14-10-12(18)5-6-13(14)19/h5-6,10-11H,2-4,7-9H2,1H3,(H,20,23)/t11-,17+/m1/s1. The van der Waals surface area contributed by atoms with Crippen molar-refractivity contribution in [3.63, 3.8) is 0 Å². The van der Waals surface area contributed by atoms with Gasteiger partial charge in [-0.05, 0) is 30.9 Å². The molecule has 1 aromatic rings. The van der Waals surface area contributed by atoms with Crippen LogP contribution in [-0.4, -0.2) is 35.5 Å². The third-order valence-electron chi connectivity index (χ3n) is 4.97. The Kier molecular flexibility index (Phi) is 4.92. The lowest BCUT2D eigenvalue weighted by molar-refractivity contribution is -0.134. The Hall–Kier alpha value is -1.46. The van der Waals surface area contributed by atoms with Crippen LogP contribution >= 0.6 is 23.2 Å². The Bertz CT molecular complexity index is 667. The van der Waals surface area contributed by atoms with Crippen molar-refractivity contribution in [1.82, 2.24) is 10.2 Å². The molecule has 0 radical (unpaired) electrons. The molecule has 5 nitrogen and oxygen atoms in total. The van der Waals surface area contributed by atoms with Crippen molar-refractivity contribution in [2.24, 2.45) is 5.92 Å². The summed E-state index contributed by atoms with van der Waals surface area (Å²) in [5.74, 6) is 0.452. The number of halogens is 2. The van der Waals surface area contributed by atoms with Crippen molar-refractivity contribution < 1.29 is 14.3 Å². The molecule has 1 aromatic carbocycles. The summed E-state index contributed by atoms with van der Waals surface area (Å²) in [6, 6.07) is 4.59. The summed E-state index contributed by atoms with van der Waals surface area (Å²) >= 11 is 12.0. The van der Waals surface area contributed by atoms with Gasteiger partial charge < -0.3 is 10.1 Å². The minimum Gasteiger partial charge on any atom is -0.490 e. The number of benzene rings is 1. The number of urea groups is 1. The fraction of sp³-hybridized carbons (Fsp3) is 0.529. The van der Waals surface area contributed by atoms with Gasteiger partial charge in [-0.25, -0.2) is 4.79 Å². The van der Waals surface area contributed by atoms with Crippen molar-refractivity contribution in [1.29, 1.82) is 0 Å². The van der Waals surface area contributed by atoms with E-state index < -0.39 is 5.54 Å². The highest BCUT2D eigenvalue weighted by Gasteiger charge is 2.54. The smallest absolute Gasteiger partial charge is 0.325 e. The lowest BCUT2D eigenvalue weighted by Crippen LogP contribution is -2.54. The van der Waals surface area contributed by atoms with E-state index in [1.807, 2.05) is 6.92 Å². The number of imide groups is 1. The predicted octanol–water partition coefficient (Wildman–Crippen LogP) is 3.87. The Morgan fingerprint density at radius 1 is 1.33 bits per heavy atom. The quantitative estimate of drug-likeness (QED) is 0.818. The maximum absolute atomic E-state index is 12.8. The first kappa shape index (κ1) is 17.4. The van der Waals surface area contributed by atoms with E-state index in [0.29, 0.717) is 22.2 Å². The fourth-order valence-electron chi connectivity index (χ4n) is 3.53. The zero-order valence-electron chi connectivity index (χ0n) is 13.5. The Balaban J connectivity index is 1.64. The molecular formula is C17H20Cl2N2O3. The number of ether oxygens (including phenoxy) is 1. The number of hydrogen-bond acceptors (Lipinski definition) is 3. The number of nitrogens with zero attached hydrogens (tertiary/aromatic N) is 1. The van der Waals surface area contributed by atoms with Crippen LogP contribution in [0.1, 0.15) is 32.6 Å². The fourth-order valence-corrected chi connectivity index (χ4v) is 3.87. The van der Waals surface area contributed by atoms with Gasteiger partial charge in [-0.1, -0.05) is 43.0 Å². The Morgan fingerprint density at radius 3 is 2.88 bits per heavy atom. The van der Waals surface area contributed by atoms with Crippen LogP contribution in [0.3, 0.4) is 0 Å². The van der Waals surface area contributed by atoms with E-state index in [9.17, 15) is 9.59 Å². The molecule has 1 aliphatic carbocycles. The van der Waals surface area contributed by atoms with Gasteiger partial charge in [-0.2, -0.15) is 0 Å². The minimum atomic E-state index is -0.733. The zero-order valence-corrected chi connectivity index (χ0v) is 15.0. The third-order valence-corrected chi connectivity index (χ3v) is 5.51. The van der Waals surface area contributed by atoms with E-state index in [2.05, 4.69) is 5.32 Å². The van der Waals surface area contributed by atoms with Gasteiger partial charge >= 0.3 is 6.03 Å². The number of carbonyl (C=O) groups excluding carboxylic acids is 2. The van der Waals surface area contributed by atoms with E-state index in [1.54, 1.807) is 18.2 Å². The largest absolute Gasteiger partial charge is 0.490 e. The second kappa shape index (κ2) is 6.81. The van der Waals surface area contributed by atoms with Gasteiger partial charge in [0.25, 0.3) is 5.91 Å². The molecule has 2 fully saturated rings. The Labute approximate surface area is 151 Å². The first-order valence-electron chi connectivity index (χ1n) is 8.16. The number of rotatable bonds is 4. The van der Waals surface area contributed by atoms with Crippen LogP contribution in [0.4, 0.5) is 4.79 Å². The Morgan fingerprint density at radius 2 is 2.12 bits per heavy atom. The van der Waals surface area contributed by atoms with E-state index in [1.165, 1.54) is 4.90 Å². The molecule has 2 aliphatic rings. The molecule has 0 aromatic heterocycles. The molecule has 1 saturated heterocycles. The SMILES string of the molecule is C[C@@H]1CCCC[C@]12NC(=O)N(CCOc1cc(Cl)ccc1Cl)C2=O. The third kappa shape index (κ3) is 3.07. The van der Waals surface area contributed by atoms with Gasteiger partial charge in [0.15, 0.2) is 0 Å².